The molecule has 0 fully saturated rings. The van der Waals surface area contributed by atoms with Crippen molar-refractivity contribution < 1.29 is 4.74 Å². The molecule has 0 aromatic carbocycles. The first-order valence-electron chi connectivity index (χ1n) is 5.96. The normalized spacial score (nSPS) is 11.4. The van der Waals surface area contributed by atoms with E-state index < -0.39 is 0 Å². The van der Waals surface area contributed by atoms with E-state index in [-0.39, 0.29) is 4.75 Å². The second kappa shape index (κ2) is 7.04. The highest BCUT2D eigenvalue weighted by molar-refractivity contribution is 8.00. The summed E-state index contributed by atoms with van der Waals surface area (Å²) in [6, 6.07) is 0.324. The first-order chi connectivity index (χ1) is 8.60. The van der Waals surface area contributed by atoms with E-state index in [1.807, 2.05) is 11.8 Å². The van der Waals surface area contributed by atoms with Gasteiger partial charge in [0.25, 0.3) is 0 Å². The van der Waals surface area contributed by atoms with E-state index in [0.717, 1.165) is 19.4 Å². The minimum atomic E-state index is 0.210. The standard InChI is InChI=1S/C12H20ClN3OS/c1-5-12(6-2,18-4)8-15-10-9(13)7-14-11(16-10)17-3/h7H,5-6,8H2,1-4H3,(H,14,15,16). The molecule has 0 aliphatic heterocycles. The van der Waals surface area contributed by atoms with E-state index in [0.29, 0.717) is 16.9 Å². The smallest absolute Gasteiger partial charge is 0.318 e. The van der Waals surface area contributed by atoms with Crippen LogP contribution in [0.4, 0.5) is 5.82 Å². The molecule has 18 heavy (non-hydrogen) atoms. The Kier molecular flexibility index (Phi) is 6.02. The number of aromatic nitrogens is 2. The third kappa shape index (κ3) is 3.65. The Morgan fingerprint density at radius 2 is 2.11 bits per heavy atom. The molecular formula is C12H20ClN3OS. The number of hydrogen-bond acceptors (Lipinski definition) is 5. The number of hydrogen-bond donors (Lipinski definition) is 1. The molecule has 1 heterocycles. The molecule has 6 heteroatoms. The molecule has 0 amide bonds. The molecule has 1 rings (SSSR count). The molecule has 0 spiro atoms. The maximum atomic E-state index is 6.06. The maximum Gasteiger partial charge on any atom is 0.318 e. The Morgan fingerprint density at radius 3 is 2.61 bits per heavy atom. The summed E-state index contributed by atoms with van der Waals surface area (Å²) in [5.74, 6) is 0.629. The lowest BCUT2D eigenvalue weighted by molar-refractivity contribution is 0.380. The second-order valence-electron chi connectivity index (χ2n) is 4.00. The van der Waals surface area contributed by atoms with Gasteiger partial charge in [0.2, 0.25) is 0 Å². The van der Waals surface area contributed by atoms with Gasteiger partial charge in [-0.3, -0.25) is 0 Å². The van der Waals surface area contributed by atoms with Crippen molar-refractivity contribution in [2.24, 2.45) is 0 Å². The molecule has 0 radical (unpaired) electrons. The molecule has 0 aliphatic rings. The van der Waals surface area contributed by atoms with Gasteiger partial charge in [-0.15, -0.1) is 0 Å². The number of methoxy groups -OCH3 is 1. The summed E-state index contributed by atoms with van der Waals surface area (Å²) in [6.45, 7) is 5.22. The van der Waals surface area contributed by atoms with Gasteiger partial charge >= 0.3 is 6.01 Å². The zero-order valence-corrected chi connectivity index (χ0v) is 12.9. The summed E-state index contributed by atoms with van der Waals surface area (Å²) < 4.78 is 5.20. The number of anilines is 1. The first-order valence-corrected chi connectivity index (χ1v) is 7.56. The molecule has 0 aliphatic carbocycles. The second-order valence-corrected chi connectivity index (χ2v) is 5.68. The highest BCUT2D eigenvalue weighted by atomic mass is 35.5. The van der Waals surface area contributed by atoms with Crippen molar-refractivity contribution in [3.05, 3.63) is 11.2 Å². The van der Waals surface area contributed by atoms with Crippen molar-refractivity contribution in [1.82, 2.24) is 9.97 Å². The van der Waals surface area contributed by atoms with Crippen molar-refractivity contribution in [1.29, 1.82) is 0 Å². The molecule has 0 bridgehead atoms. The molecular weight excluding hydrogens is 270 g/mol. The van der Waals surface area contributed by atoms with Gasteiger partial charge in [-0.1, -0.05) is 25.4 Å². The number of thioether (sulfide) groups is 1. The van der Waals surface area contributed by atoms with Crippen LogP contribution in [0.25, 0.3) is 0 Å². The molecule has 1 aromatic rings. The van der Waals surface area contributed by atoms with Crippen LogP contribution >= 0.6 is 23.4 Å². The van der Waals surface area contributed by atoms with E-state index in [1.165, 1.54) is 7.11 Å². The van der Waals surface area contributed by atoms with E-state index in [2.05, 4.69) is 35.4 Å². The fourth-order valence-corrected chi connectivity index (χ4v) is 2.63. The summed E-state index contributed by atoms with van der Waals surface area (Å²) in [5.41, 5.74) is 0. The zero-order valence-electron chi connectivity index (χ0n) is 11.3. The van der Waals surface area contributed by atoms with Crippen LogP contribution in [0, 0.1) is 0 Å². The number of rotatable bonds is 7. The Hall–Kier alpha value is -0.680. The van der Waals surface area contributed by atoms with E-state index >= 15 is 0 Å². The fraction of sp³-hybridized carbons (Fsp3) is 0.667. The summed E-state index contributed by atoms with van der Waals surface area (Å²) in [6.07, 6.45) is 5.88. The molecule has 0 saturated carbocycles. The van der Waals surface area contributed by atoms with Gasteiger partial charge in [0.05, 0.1) is 13.3 Å². The first kappa shape index (κ1) is 15.4. The Bertz CT molecular complexity index is 377. The predicted molar refractivity (Wildman–Crippen MR) is 78.9 cm³/mol. The van der Waals surface area contributed by atoms with Gasteiger partial charge in [0, 0.05) is 11.3 Å². The molecule has 4 nitrogen and oxygen atoms in total. The highest BCUT2D eigenvalue weighted by Gasteiger charge is 2.25. The molecule has 1 N–H and O–H groups in total. The van der Waals surface area contributed by atoms with Crippen LogP contribution in [0.5, 0.6) is 6.01 Å². The van der Waals surface area contributed by atoms with E-state index in [9.17, 15) is 0 Å². The highest BCUT2D eigenvalue weighted by Crippen LogP contribution is 2.31. The molecule has 0 atom stereocenters. The minimum absolute atomic E-state index is 0.210. The van der Waals surface area contributed by atoms with Crippen molar-refractivity contribution in [2.75, 3.05) is 25.2 Å². The van der Waals surface area contributed by atoms with Gasteiger partial charge < -0.3 is 10.1 Å². The monoisotopic (exact) mass is 289 g/mol. The summed E-state index contributed by atoms with van der Waals surface area (Å²) in [5, 5.41) is 3.81. The van der Waals surface area contributed by atoms with Gasteiger partial charge in [0.1, 0.15) is 5.02 Å². The van der Waals surface area contributed by atoms with Crippen molar-refractivity contribution in [3.8, 4) is 6.01 Å². The average molecular weight is 290 g/mol. The van der Waals surface area contributed by atoms with Crippen LogP contribution in [-0.4, -0.2) is 34.6 Å². The number of nitrogens with zero attached hydrogens (tertiary/aromatic N) is 2. The number of halogens is 1. The van der Waals surface area contributed by atoms with Crippen molar-refractivity contribution in [3.63, 3.8) is 0 Å². The van der Waals surface area contributed by atoms with E-state index in [4.69, 9.17) is 16.3 Å². The molecule has 0 saturated heterocycles. The SMILES string of the molecule is CCC(CC)(CNc1nc(OC)ncc1Cl)SC. The van der Waals surface area contributed by atoms with Gasteiger partial charge in [-0.2, -0.15) is 16.7 Å². The van der Waals surface area contributed by atoms with Crippen LogP contribution in [0.15, 0.2) is 6.20 Å². The largest absolute Gasteiger partial charge is 0.467 e. The minimum Gasteiger partial charge on any atom is -0.467 e. The number of ether oxygens (including phenoxy) is 1. The number of nitrogens with one attached hydrogen (secondary N) is 1. The molecule has 0 unspecified atom stereocenters. The van der Waals surface area contributed by atoms with Crippen molar-refractivity contribution >= 4 is 29.2 Å². The third-order valence-electron chi connectivity index (χ3n) is 3.20. The lowest BCUT2D eigenvalue weighted by Crippen LogP contribution is -2.32. The maximum absolute atomic E-state index is 6.06. The van der Waals surface area contributed by atoms with E-state index in [1.54, 1.807) is 6.20 Å². The average Bonchev–Trinajstić information content (AvgIpc) is 2.42. The van der Waals surface area contributed by atoms with Crippen LogP contribution in [0.2, 0.25) is 5.02 Å². The van der Waals surface area contributed by atoms with Gasteiger partial charge in [-0.25, -0.2) is 4.98 Å². The van der Waals surface area contributed by atoms with Gasteiger partial charge in [-0.05, 0) is 19.1 Å². The summed E-state index contributed by atoms with van der Waals surface area (Å²) >= 11 is 7.93. The lowest BCUT2D eigenvalue weighted by atomic mass is 10.0. The van der Waals surface area contributed by atoms with Gasteiger partial charge in [0.15, 0.2) is 5.82 Å². The predicted octanol–water partition coefficient (Wildman–Crippen LogP) is 3.47. The zero-order chi connectivity index (χ0) is 13.6. The third-order valence-corrected chi connectivity index (χ3v) is 5.07. The molecule has 1 aromatic heterocycles. The molecule has 102 valence electrons. The topological polar surface area (TPSA) is 47.0 Å². The quantitative estimate of drug-likeness (QED) is 0.833. The van der Waals surface area contributed by atoms with Crippen LogP contribution in [-0.2, 0) is 0 Å². The lowest BCUT2D eigenvalue weighted by Gasteiger charge is -2.30. The fourth-order valence-electron chi connectivity index (χ4n) is 1.68. The van der Waals surface area contributed by atoms with Crippen LogP contribution < -0.4 is 10.1 Å². The van der Waals surface area contributed by atoms with Crippen molar-refractivity contribution in [2.45, 2.75) is 31.4 Å². The summed E-state index contributed by atoms with van der Waals surface area (Å²) in [7, 11) is 1.54. The Morgan fingerprint density at radius 1 is 1.44 bits per heavy atom. The van der Waals surface area contributed by atoms with Crippen LogP contribution in [0.1, 0.15) is 26.7 Å². The Balaban J connectivity index is 2.78. The Labute approximate surface area is 118 Å². The summed E-state index contributed by atoms with van der Waals surface area (Å²) in [4.78, 5) is 8.16. The van der Waals surface area contributed by atoms with Crippen LogP contribution in [0.3, 0.4) is 0 Å².